The molecule has 1 aliphatic heterocycles. The number of rotatable bonds is 6. The fourth-order valence-electron chi connectivity index (χ4n) is 3.35. The van der Waals surface area contributed by atoms with Crippen LogP contribution in [0.25, 0.3) is 0 Å². The minimum absolute atomic E-state index is 0.0706. The largest absolute Gasteiger partial charge is 0.573 e. The van der Waals surface area contributed by atoms with Crippen molar-refractivity contribution in [2.24, 2.45) is 0 Å². The number of nitrogens with zero attached hydrogens (tertiary/aromatic N) is 3. The molecule has 2 amide bonds. The summed E-state index contributed by atoms with van der Waals surface area (Å²) in [7, 11) is 0. The van der Waals surface area contributed by atoms with Crippen LogP contribution in [-0.4, -0.2) is 34.9 Å². The van der Waals surface area contributed by atoms with Gasteiger partial charge in [-0.25, -0.2) is 0 Å². The first-order valence-corrected chi connectivity index (χ1v) is 10.1. The molecule has 1 aliphatic rings. The molecule has 1 saturated heterocycles. The van der Waals surface area contributed by atoms with Crippen molar-refractivity contribution in [1.82, 2.24) is 10.2 Å². The van der Waals surface area contributed by atoms with Crippen LogP contribution in [0, 0.1) is 0 Å². The van der Waals surface area contributed by atoms with Gasteiger partial charge in [0, 0.05) is 23.7 Å². The number of hydrogen-bond acceptors (Lipinski definition) is 6. The van der Waals surface area contributed by atoms with Gasteiger partial charge in [-0.3, -0.25) is 14.9 Å². The van der Waals surface area contributed by atoms with Crippen molar-refractivity contribution in [3.05, 3.63) is 65.0 Å². The molecule has 2 aromatic carbocycles. The number of carbonyl (C=O) groups excluding carboxylic acids is 2. The van der Waals surface area contributed by atoms with Gasteiger partial charge < -0.3 is 14.1 Å². The Bertz CT molecular complexity index is 1150. The second-order valence-corrected chi connectivity index (χ2v) is 7.68. The summed E-state index contributed by atoms with van der Waals surface area (Å²) < 4.78 is 46.3. The summed E-state index contributed by atoms with van der Waals surface area (Å²) in [6.07, 6.45) is -4.64. The van der Waals surface area contributed by atoms with Crippen molar-refractivity contribution in [3.63, 3.8) is 0 Å². The molecule has 1 aromatic heterocycles. The van der Waals surface area contributed by atoms with Gasteiger partial charge in [0.2, 0.25) is 17.7 Å². The van der Waals surface area contributed by atoms with Crippen LogP contribution < -0.4 is 15.0 Å². The van der Waals surface area contributed by atoms with Crippen LogP contribution in [0.5, 0.6) is 5.75 Å². The van der Waals surface area contributed by atoms with E-state index in [9.17, 15) is 22.8 Å². The van der Waals surface area contributed by atoms with Crippen molar-refractivity contribution < 1.29 is 31.9 Å². The summed E-state index contributed by atoms with van der Waals surface area (Å²) in [5.41, 5.74) is 1.16. The molecule has 3 aromatic rings. The highest BCUT2D eigenvalue weighted by atomic mass is 35.5. The van der Waals surface area contributed by atoms with Crippen LogP contribution in [-0.2, 0) is 16.0 Å². The Kier molecular flexibility index (Phi) is 6.23. The Balaban J connectivity index is 1.36. The molecule has 172 valence electrons. The Hall–Kier alpha value is -3.60. The summed E-state index contributed by atoms with van der Waals surface area (Å²) in [4.78, 5) is 26.0. The second kappa shape index (κ2) is 9.10. The van der Waals surface area contributed by atoms with E-state index < -0.39 is 12.3 Å². The fourth-order valence-corrected chi connectivity index (χ4v) is 3.48. The molecule has 1 fully saturated rings. The number of aromatic nitrogens is 2. The molecule has 0 spiro atoms. The summed E-state index contributed by atoms with van der Waals surface area (Å²) in [5, 5.41) is 10.8. The zero-order valence-electron chi connectivity index (χ0n) is 16.8. The van der Waals surface area contributed by atoms with E-state index in [1.54, 1.807) is 24.3 Å². The average molecular weight is 481 g/mol. The molecule has 0 unspecified atom stereocenters. The number of carbonyl (C=O) groups is 2. The number of nitrogens with one attached hydrogen (secondary N) is 1. The van der Waals surface area contributed by atoms with Gasteiger partial charge in [0.1, 0.15) is 5.75 Å². The highest BCUT2D eigenvalue weighted by Crippen LogP contribution is 2.33. The van der Waals surface area contributed by atoms with Gasteiger partial charge in [-0.05, 0) is 42.0 Å². The van der Waals surface area contributed by atoms with E-state index in [1.807, 2.05) is 0 Å². The summed E-state index contributed by atoms with van der Waals surface area (Å²) in [6.45, 7) is 0.193. The van der Waals surface area contributed by atoms with Crippen LogP contribution in [0.3, 0.4) is 0 Å². The van der Waals surface area contributed by atoms with Crippen molar-refractivity contribution >= 4 is 35.1 Å². The first-order valence-electron chi connectivity index (χ1n) is 9.70. The lowest BCUT2D eigenvalue weighted by atomic mass is 10.1. The lowest BCUT2D eigenvalue weighted by Crippen LogP contribution is -2.24. The molecule has 1 N–H and O–H groups in total. The third-order valence-electron chi connectivity index (χ3n) is 4.82. The van der Waals surface area contributed by atoms with Gasteiger partial charge in [-0.2, -0.15) is 0 Å². The topological polar surface area (TPSA) is 97.6 Å². The first kappa shape index (κ1) is 22.6. The number of hydrogen-bond donors (Lipinski definition) is 1. The van der Waals surface area contributed by atoms with E-state index in [1.165, 1.54) is 17.0 Å². The lowest BCUT2D eigenvalue weighted by Gasteiger charge is -2.17. The normalized spacial score (nSPS) is 16.2. The standard InChI is InChI=1S/C21H16ClF3N4O4/c22-14-3-1-12(2-4-14)9-17(30)26-20-28-27-19(32-20)13-10-18(31)29(11-13)15-5-7-16(8-6-15)33-21(23,24)25/h1-8,13H,9-11H2,(H,26,28,30)/t13-/m0/s1. The van der Waals surface area contributed by atoms with Gasteiger partial charge in [-0.1, -0.05) is 28.8 Å². The molecule has 0 radical (unpaired) electrons. The highest BCUT2D eigenvalue weighted by molar-refractivity contribution is 6.30. The quantitative estimate of drug-likeness (QED) is 0.564. The molecule has 0 saturated carbocycles. The molecule has 2 heterocycles. The van der Waals surface area contributed by atoms with Crippen molar-refractivity contribution in [3.8, 4) is 5.75 Å². The highest BCUT2D eigenvalue weighted by Gasteiger charge is 2.35. The van der Waals surface area contributed by atoms with Crippen LogP contribution in [0.2, 0.25) is 5.02 Å². The molecule has 0 aliphatic carbocycles. The van der Waals surface area contributed by atoms with Crippen LogP contribution >= 0.6 is 11.6 Å². The summed E-state index contributed by atoms with van der Waals surface area (Å²) in [6, 6.07) is 11.7. The Morgan fingerprint density at radius 3 is 2.52 bits per heavy atom. The number of ether oxygens (including phenoxy) is 1. The predicted octanol–water partition coefficient (Wildman–Crippen LogP) is 4.32. The van der Waals surface area contributed by atoms with Crippen LogP contribution in [0.4, 0.5) is 24.9 Å². The van der Waals surface area contributed by atoms with Gasteiger partial charge in [0.15, 0.2) is 0 Å². The van der Waals surface area contributed by atoms with Crippen LogP contribution in [0.15, 0.2) is 52.9 Å². The number of halogens is 4. The van der Waals surface area contributed by atoms with E-state index in [-0.39, 0.29) is 48.9 Å². The molecular weight excluding hydrogens is 465 g/mol. The third kappa shape index (κ3) is 5.80. The minimum Gasteiger partial charge on any atom is -0.407 e. The van der Waals surface area contributed by atoms with Gasteiger partial charge in [0.05, 0.1) is 12.3 Å². The van der Waals surface area contributed by atoms with Gasteiger partial charge >= 0.3 is 12.4 Å². The van der Waals surface area contributed by atoms with Crippen molar-refractivity contribution in [2.45, 2.75) is 25.1 Å². The second-order valence-electron chi connectivity index (χ2n) is 7.24. The average Bonchev–Trinajstić information content (AvgIpc) is 3.36. The number of amides is 2. The van der Waals surface area contributed by atoms with Crippen LogP contribution in [0.1, 0.15) is 23.8 Å². The zero-order chi connectivity index (χ0) is 23.6. The molecule has 12 heteroatoms. The maximum Gasteiger partial charge on any atom is 0.573 e. The monoisotopic (exact) mass is 480 g/mol. The molecule has 0 bridgehead atoms. The number of anilines is 2. The minimum atomic E-state index is -4.80. The van der Waals surface area contributed by atoms with E-state index in [0.29, 0.717) is 10.7 Å². The van der Waals surface area contributed by atoms with Crippen molar-refractivity contribution in [2.75, 3.05) is 16.8 Å². The molecule has 33 heavy (non-hydrogen) atoms. The van der Waals surface area contributed by atoms with E-state index in [2.05, 4.69) is 20.3 Å². The Labute approximate surface area is 190 Å². The van der Waals surface area contributed by atoms with Gasteiger partial charge in [0.25, 0.3) is 0 Å². The molecular formula is C21H16ClF3N4O4. The Morgan fingerprint density at radius 2 is 1.85 bits per heavy atom. The number of alkyl halides is 3. The first-order chi connectivity index (χ1) is 15.7. The zero-order valence-corrected chi connectivity index (χ0v) is 17.6. The van der Waals surface area contributed by atoms with Gasteiger partial charge in [-0.15, -0.1) is 18.3 Å². The Morgan fingerprint density at radius 1 is 1.15 bits per heavy atom. The maximum absolute atomic E-state index is 12.4. The smallest absolute Gasteiger partial charge is 0.407 e. The predicted molar refractivity (Wildman–Crippen MR) is 111 cm³/mol. The number of benzene rings is 2. The maximum atomic E-state index is 12.4. The summed E-state index contributed by atoms with van der Waals surface area (Å²) >= 11 is 5.82. The summed E-state index contributed by atoms with van der Waals surface area (Å²) in [5.74, 6) is -1.26. The molecule has 8 nitrogen and oxygen atoms in total. The van der Waals surface area contributed by atoms with E-state index in [0.717, 1.165) is 17.7 Å². The van der Waals surface area contributed by atoms with Crippen molar-refractivity contribution in [1.29, 1.82) is 0 Å². The fraction of sp³-hybridized carbons (Fsp3) is 0.238. The molecule has 1 atom stereocenters. The lowest BCUT2D eigenvalue weighted by molar-refractivity contribution is -0.274. The third-order valence-corrected chi connectivity index (χ3v) is 5.07. The van der Waals surface area contributed by atoms with E-state index >= 15 is 0 Å². The molecule has 4 rings (SSSR count). The SMILES string of the molecule is O=C(Cc1ccc(Cl)cc1)Nc1nnc([C@H]2CC(=O)N(c3ccc(OC(F)(F)F)cc3)C2)o1. The van der Waals surface area contributed by atoms with E-state index in [4.69, 9.17) is 16.0 Å².